The van der Waals surface area contributed by atoms with E-state index in [-0.39, 0.29) is 5.91 Å². The molecule has 0 bridgehead atoms. The first-order valence-electron chi connectivity index (χ1n) is 7.88. The molecule has 0 atom stereocenters. The van der Waals surface area contributed by atoms with Gasteiger partial charge >= 0.3 is 0 Å². The molecule has 6 nitrogen and oxygen atoms in total. The van der Waals surface area contributed by atoms with E-state index in [2.05, 4.69) is 5.32 Å². The van der Waals surface area contributed by atoms with E-state index in [1.807, 2.05) is 30.3 Å². The van der Waals surface area contributed by atoms with Crippen molar-refractivity contribution in [3.63, 3.8) is 0 Å². The minimum absolute atomic E-state index is 0.143. The third-order valence-electron chi connectivity index (χ3n) is 3.55. The first kappa shape index (κ1) is 18.8. The number of carbonyl (C=O) groups excluding carboxylic acids is 1. The van der Waals surface area contributed by atoms with E-state index in [1.165, 1.54) is 7.05 Å². The van der Waals surface area contributed by atoms with Crippen LogP contribution in [0, 0.1) is 0 Å². The van der Waals surface area contributed by atoms with Crippen molar-refractivity contribution in [1.29, 1.82) is 0 Å². The second-order valence-corrected chi connectivity index (χ2v) is 7.61. The number of rotatable bonds is 8. The summed E-state index contributed by atoms with van der Waals surface area (Å²) in [6, 6.07) is 16.1. The van der Waals surface area contributed by atoms with Crippen LogP contribution in [0.1, 0.15) is 12.8 Å². The summed E-state index contributed by atoms with van der Waals surface area (Å²) in [4.78, 5) is 12.0. The van der Waals surface area contributed by atoms with Crippen molar-refractivity contribution < 1.29 is 17.9 Å². The largest absolute Gasteiger partial charge is 0.494 e. The van der Waals surface area contributed by atoms with Gasteiger partial charge in [-0.1, -0.05) is 24.3 Å². The summed E-state index contributed by atoms with van der Waals surface area (Å²) in [5.74, 6) is 0.634. The van der Waals surface area contributed by atoms with Gasteiger partial charge in [-0.15, -0.1) is 0 Å². The zero-order valence-electron chi connectivity index (χ0n) is 14.3. The molecule has 0 saturated heterocycles. The van der Waals surface area contributed by atoms with Gasteiger partial charge in [-0.2, -0.15) is 0 Å². The molecule has 0 aromatic heterocycles. The van der Waals surface area contributed by atoms with Crippen LogP contribution in [0.5, 0.6) is 5.75 Å². The van der Waals surface area contributed by atoms with E-state index in [9.17, 15) is 13.2 Å². The summed E-state index contributed by atoms with van der Waals surface area (Å²) >= 11 is 0. The maximum Gasteiger partial charge on any atom is 0.231 e. The van der Waals surface area contributed by atoms with E-state index >= 15 is 0 Å². The number of amides is 1. The monoisotopic (exact) mass is 362 g/mol. The third-order valence-corrected chi connectivity index (χ3v) is 4.76. The first-order valence-corrected chi connectivity index (χ1v) is 9.73. The molecule has 0 saturated carbocycles. The van der Waals surface area contributed by atoms with Crippen LogP contribution in [-0.2, 0) is 14.8 Å². The molecule has 0 unspecified atom stereocenters. The van der Waals surface area contributed by atoms with Crippen molar-refractivity contribution in [2.45, 2.75) is 12.8 Å². The molecule has 2 aromatic carbocycles. The van der Waals surface area contributed by atoms with Crippen molar-refractivity contribution in [3.8, 4) is 5.75 Å². The van der Waals surface area contributed by atoms with Gasteiger partial charge in [-0.25, -0.2) is 8.42 Å². The lowest BCUT2D eigenvalue weighted by molar-refractivity contribution is -0.116. The Morgan fingerprint density at radius 2 is 1.84 bits per heavy atom. The SMILES string of the molecule is CN(c1cccc(NC(=O)CCCOc2ccccc2)c1)S(C)(=O)=O. The number of anilines is 2. The van der Waals surface area contributed by atoms with Crippen molar-refractivity contribution in [1.82, 2.24) is 0 Å². The van der Waals surface area contributed by atoms with Gasteiger partial charge in [0.15, 0.2) is 0 Å². The smallest absolute Gasteiger partial charge is 0.231 e. The van der Waals surface area contributed by atoms with Gasteiger partial charge in [-0.05, 0) is 36.8 Å². The molecule has 0 aliphatic heterocycles. The highest BCUT2D eigenvalue weighted by Gasteiger charge is 2.12. The van der Waals surface area contributed by atoms with Crippen molar-refractivity contribution >= 4 is 27.3 Å². The van der Waals surface area contributed by atoms with E-state index in [0.717, 1.165) is 16.3 Å². The predicted octanol–water partition coefficient (Wildman–Crippen LogP) is 2.88. The summed E-state index contributed by atoms with van der Waals surface area (Å²) < 4.78 is 29.9. The second kappa shape index (κ2) is 8.53. The number of hydrogen-bond donors (Lipinski definition) is 1. The van der Waals surface area contributed by atoms with Crippen LogP contribution in [0.3, 0.4) is 0 Å². The van der Waals surface area contributed by atoms with Gasteiger partial charge in [0.1, 0.15) is 5.75 Å². The Hall–Kier alpha value is -2.54. The molecule has 0 fully saturated rings. The summed E-state index contributed by atoms with van der Waals surface area (Å²) in [6.45, 7) is 0.453. The molecule has 25 heavy (non-hydrogen) atoms. The molecule has 2 aromatic rings. The summed E-state index contributed by atoms with van der Waals surface area (Å²) in [5.41, 5.74) is 1.05. The molecule has 1 amide bonds. The number of para-hydroxylation sites is 1. The Labute approximate surface area is 148 Å². The van der Waals surface area contributed by atoms with Crippen LogP contribution in [0.25, 0.3) is 0 Å². The Kier molecular flexibility index (Phi) is 6.41. The Morgan fingerprint density at radius 1 is 1.12 bits per heavy atom. The zero-order chi connectivity index (χ0) is 18.3. The first-order chi connectivity index (χ1) is 11.9. The van der Waals surface area contributed by atoms with Crippen molar-refractivity contribution in [2.75, 3.05) is 29.5 Å². The summed E-state index contributed by atoms with van der Waals surface area (Å²) in [6.07, 6.45) is 2.04. The Morgan fingerprint density at radius 3 is 2.52 bits per heavy atom. The van der Waals surface area contributed by atoms with Crippen LogP contribution >= 0.6 is 0 Å². The van der Waals surface area contributed by atoms with Crippen molar-refractivity contribution in [3.05, 3.63) is 54.6 Å². The van der Waals surface area contributed by atoms with Crippen LogP contribution < -0.4 is 14.4 Å². The van der Waals surface area contributed by atoms with Crippen LogP contribution in [0.15, 0.2) is 54.6 Å². The third kappa shape index (κ3) is 6.11. The molecule has 2 rings (SSSR count). The number of sulfonamides is 1. The summed E-state index contributed by atoms with van der Waals surface area (Å²) in [7, 11) is -1.87. The average molecular weight is 362 g/mol. The van der Waals surface area contributed by atoms with E-state index in [4.69, 9.17) is 4.74 Å². The van der Waals surface area contributed by atoms with Gasteiger partial charge in [0.05, 0.1) is 18.6 Å². The fourth-order valence-electron chi connectivity index (χ4n) is 2.13. The van der Waals surface area contributed by atoms with Gasteiger partial charge in [0, 0.05) is 19.2 Å². The van der Waals surface area contributed by atoms with Gasteiger partial charge in [0.25, 0.3) is 0 Å². The van der Waals surface area contributed by atoms with E-state index in [1.54, 1.807) is 24.3 Å². The molecule has 134 valence electrons. The van der Waals surface area contributed by atoms with Crippen LogP contribution in [0.4, 0.5) is 11.4 Å². The molecular formula is C18H22N2O4S. The standard InChI is InChI=1S/C18H22N2O4S/c1-20(25(2,22)23)16-9-6-8-15(14-16)19-18(21)12-7-13-24-17-10-4-3-5-11-17/h3-6,8-11,14H,7,12-13H2,1-2H3,(H,19,21). The normalized spacial score (nSPS) is 11.0. The fraction of sp³-hybridized carbons (Fsp3) is 0.278. The van der Waals surface area contributed by atoms with Gasteiger partial charge in [-0.3, -0.25) is 9.10 Å². The number of benzene rings is 2. The minimum atomic E-state index is -3.34. The highest BCUT2D eigenvalue weighted by molar-refractivity contribution is 7.92. The molecule has 0 spiro atoms. The maximum absolute atomic E-state index is 12.0. The van der Waals surface area contributed by atoms with Crippen LogP contribution in [0.2, 0.25) is 0 Å². The Balaban J connectivity index is 1.82. The number of nitrogens with one attached hydrogen (secondary N) is 1. The molecule has 0 aliphatic carbocycles. The highest BCUT2D eigenvalue weighted by Crippen LogP contribution is 2.20. The second-order valence-electron chi connectivity index (χ2n) is 5.59. The number of carbonyl (C=O) groups is 1. The Bertz CT molecular complexity index is 807. The quantitative estimate of drug-likeness (QED) is 0.733. The van der Waals surface area contributed by atoms with Crippen molar-refractivity contribution in [2.24, 2.45) is 0 Å². The fourth-order valence-corrected chi connectivity index (χ4v) is 2.63. The number of nitrogens with zero attached hydrogens (tertiary/aromatic N) is 1. The van der Waals surface area contributed by atoms with Gasteiger partial charge < -0.3 is 10.1 Å². The topological polar surface area (TPSA) is 75.7 Å². The molecule has 0 radical (unpaired) electrons. The maximum atomic E-state index is 12.0. The summed E-state index contributed by atoms with van der Waals surface area (Å²) in [5, 5.41) is 2.77. The molecule has 0 heterocycles. The van der Waals surface area contributed by atoms with Gasteiger partial charge in [0.2, 0.25) is 15.9 Å². The zero-order valence-corrected chi connectivity index (χ0v) is 15.1. The molecule has 7 heteroatoms. The average Bonchev–Trinajstić information content (AvgIpc) is 2.58. The molecular weight excluding hydrogens is 340 g/mol. The highest BCUT2D eigenvalue weighted by atomic mass is 32.2. The lowest BCUT2D eigenvalue weighted by atomic mass is 10.2. The lowest BCUT2D eigenvalue weighted by Crippen LogP contribution is -2.24. The molecule has 1 N–H and O–H groups in total. The lowest BCUT2D eigenvalue weighted by Gasteiger charge is -2.17. The van der Waals surface area contributed by atoms with Crippen LogP contribution in [-0.4, -0.2) is 34.2 Å². The predicted molar refractivity (Wildman–Crippen MR) is 99.5 cm³/mol. The molecule has 0 aliphatic rings. The number of ether oxygens (including phenoxy) is 1. The minimum Gasteiger partial charge on any atom is -0.494 e. The van der Waals surface area contributed by atoms with E-state index < -0.39 is 10.0 Å². The van der Waals surface area contributed by atoms with E-state index in [0.29, 0.717) is 30.8 Å². The number of hydrogen-bond acceptors (Lipinski definition) is 4.